The summed E-state index contributed by atoms with van der Waals surface area (Å²) >= 11 is 0. The Morgan fingerprint density at radius 1 is 1.28 bits per heavy atom. The quantitative estimate of drug-likeness (QED) is 0.742. The first-order valence-electron chi connectivity index (χ1n) is 5.69. The highest BCUT2D eigenvalue weighted by atomic mass is 16.5. The Morgan fingerprint density at radius 3 is 2.22 bits per heavy atom. The van der Waals surface area contributed by atoms with E-state index in [0.29, 0.717) is 0 Å². The van der Waals surface area contributed by atoms with Crippen molar-refractivity contribution in [2.24, 2.45) is 11.3 Å². The summed E-state index contributed by atoms with van der Waals surface area (Å²) in [6.07, 6.45) is 1.02. The first-order valence-corrected chi connectivity index (χ1v) is 5.69. The van der Waals surface area contributed by atoms with E-state index in [9.17, 15) is 10.5 Å². The molecule has 0 aliphatic rings. The number of ether oxygens (including phenoxy) is 1. The summed E-state index contributed by atoms with van der Waals surface area (Å²) in [5, 5.41) is 18.9. The third-order valence-corrected chi connectivity index (χ3v) is 3.19. The number of allylic oxidation sites excluding steroid dienone is 1. The molecule has 3 nitrogen and oxygen atoms in total. The van der Waals surface area contributed by atoms with Gasteiger partial charge in [-0.05, 0) is 5.56 Å². The molecule has 92 valence electrons. The van der Waals surface area contributed by atoms with E-state index in [1.807, 2.05) is 30.3 Å². The van der Waals surface area contributed by atoms with Crippen LogP contribution in [0.3, 0.4) is 0 Å². The predicted octanol–water partition coefficient (Wildman–Crippen LogP) is 3.23. The topological polar surface area (TPSA) is 56.8 Å². The van der Waals surface area contributed by atoms with Crippen molar-refractivity contribution in [2.45, 2.75) is 13.0 Å². The zero-order valence-corrected chi connectivity index (χ0v) is 10.6. The number of benzene rings is 1. The Bertz CT molecular complexity index is 467. The van der Waals surface area contributed by atoms with Crippen LogP contribution in [0.15, 0.2) is 43.0 Å². The largest absolute Gasteiger partial charge is 0.374 e. The van der Waals surface area contributed by atoms with Gasteiger partial charge in [0.1, 0.15) is 6.10 Å². The van der Waals surface area contributed by atoms with Crippen molar-refractivity contribution in [3.63, 3.8) is 0 Å². The summed E-state index contributed by atoms with van der Waals surface area (Å²) in [4.78, 5) is 0. The Balaban J connectivity index is 3.32. The Kier molecular flexibility index (Phi) is 4.66. The maximum absolute atomic E-state index is 9.44. The Labute approximate surface area is 108 Å². The maximum Gasteiger partial charge on any atom is 0.179 e. The van der Waals surface area contributed by atoms with Crippen molar-refractivity contribution >= 4 is 0 Å². The summed E-state index contributed by atoms with van der Waals surface area (Å²) in [6.45, 7) is 5.48. The molecule has 0 aromatic heterocycles. The lowest BCUT2D eigenvalue weighted by molar-refractivity contribution is 0.0268. The molecule has 0 fully saturated rings. The first-order chi connectivity index (χ1) is 8.66. The zero-order chi connectivity index (χ0) is 13.6. The van der Waals surface area contributed by atoms with Crippen LogP contribution in [0.4, 0.5) is 0 Å². The van der Waals surface area contributed by atoms with Crippen LogP contribution in [-0.2, 0) is 4.74 Å². The number of methoxy groups -OCH3 is 1. The molecule has 1 aromatic rings. The van der Waals surface area contributed by atoms with Gasteiger partial charge in [-0.15, -0.1) is 6.58 Å². The van der Waals surface area contributed by atoms with E-state index >= 15 is 0 Å². The van der Waals surface area contributed by atoms with Crippen molar-refractivity contribution in [1.29, 1.82) is 10.5 Å². The third kappa shape index (κ3) is 2.27. The summed E-state index contributed by atoms with van der Waals surface area (Å²) in [6, 6.07) is 13.5. The monoisotopic (exact) mass is 240 g/mol. The average molecular weight is 240 g/mol. The van der Waals surface area contributed by atoms with Crippen molar-refractivity contribution in [3.8, 4) is 12.1 Å². The highest BCUT2D eigenvalue weighted by Gasteiger charge is 2.45. The molecule has 0 aliphatic carbocycles. The van der Waals surface area contributed by atoms with Crippen LogP contribution < -0.4 is 0 Å². The van der Waals surface area contributed by atoms with Gasteiger partial charge in [-0.2, -0.15) is 10.5 Å². The van der Waals surface area contributed by atoms with Crippen LogP contribution in [-0.4, -0.2) is 7.11 Å². The molecule has 0 radical (unpaired) electrons. The van der Waals surface area contributed by atoms with Gasteiger partial charge in [0.15, 0.2) is 5.41 Å². The van der Waals surface area contributed by atoms with Crippen LogP contribution >= 0.6 is 0 Å². The van der Waals surface area contributed by atoms with Gasteiger partial charge < -0.3 is 4.74 Å². The minimum absolute atomic E-state index is 0.294. The van der Waals surface area contributed by atoms with Gasteiger partial charge in [-0.25, -0.2) is 0 Å². The molecule has 2 atom stereocenters. The van der Waals surface area contributed by atoms with Gasteiger partial charge in [0.05, 0.1) is 12.1 Å². The van der Waals surface area contributed by atoms with Crippen molar-refractivity contribution in [1.82, 2.24) is 0 Å². The lowest BCUT2D eigenvalue weighted by atomic mass is 9.72. The van der Waals surface area contributed by atoms with Crippen molar-refractivity contribution in [3.05, 3.63) is 48.6 Å². The first kappa shape index (κ1) is 14.0. The summed E-state index contributed by atoms with van der Waals surface area (Å²) in [5.74, 6) is -0.294. The molecule has 2 unspecified atom stereocenters. The standard InChI is InChI=1S/C15H16N2O/c1-4-12(2)15(10-16,11-17)14(18-3)13-8-6-5-7-9-13/h4-9,12,14H,1H2,2-3H3. The predicted molar refractivity (Wildman–Crippen MR) is 69.2 cm³/mol. The Hall–Kier alpha value is -2.10. The molecule has 0 saturated carbocycles. The minimum Gasteiger partial charge on any atom is -0.374 e. The second-order valence-corrected chi connectivity index (χ2v) is 4.14. The highest BCUT2D eigenvalue weighted by Crippen LogP contribution is 2.42. The third-order valence-electron chi connectivity index (χ3n) is 3.19. The number of hydrogen-bond acceptors (Lipinski definition) is 3. The number of hydrogen-bond donors (Lipinski definition) is 0. The molecule has 0 spiro atoms. The zero-order valence-electron chi connectivity index (χ0n) is 10.6. The fourth-order valence-corrected chi connectivity index (χ4v) is 1.98. The molecule has 1 rings (SSSR count). The number of nitrogens with zero attached hydrogens (tertiary/aromatic N) is 2. The van der Waals surface area contributed by atoms with Crippen LogP contribution in [0.5, 0.6) is 0 Å². The molecular formula is C15H16N2O. The molecule has 0 amide bonds. The van der Waals surface area contributed by atoms with Crippen LogP contribution in [0.25, 0.3) is 0 Å². The molecule has 18 heavy (non-hydrogen) atoms. The van der Waals surface area contributed by atoms with E-state index in [0.717, 1.165) is 5.56 Å². The molecule has 3 heteroatoms. The fourth-order valence-electron chi connectivity index (χ4n) is 1.98. The lowest BCUT2D eigenvalue weighted by Gasteiger charge is -2.31. The van der Waals surface area contributed by atoms with Gasteiger partial charge in [-0.1, -0.05) is 43.3 Å². The maximum atomic E-state index is 9.44. The lowest BCUT2D eigenvalue weighted by Crippen LogP contribution is -2.33. The molecule has 0 aliphatic heterocycles. The van der Waals surface area contributed by atoms with Gasteiger partial charge in [0, 0.05) is 13.0 Å². The van der Waals surface area contributed by atoms with Crippen molar-refractivity contribution < 1.29 is 4.74 Å². The number of nitriles is 2. The molecule has 0 saturated heterocycles. The molecule has 0 N–H and O–H groups in total. The van der Waals surface area contributed by atoms with Gasteiger partial charge in [0.2, 0.25) is 0 Å². The van der Waals surface area contributed by atoms with E-state index < -0.39 is 11.5 Å². The summed E-state index contributed by atoms with van der Waals surface area (Å²) < 4.78 is 5.41. The van der Waals surface area contributed by atoms with Crippen LogP contribution in [0.2, 0.25) is 0 Å². The van der Waals surface area contributed by atoms with Crippen molar-refractivity contribution in [2.75, 3.05) is 7.11 Å². The van der Waals surface area contributed by atoms with Gasteiger partial charge >= 0.3 is 0 Å². The van der Waals surface area contributed by atoms with E-state index in [1.165, 1.54) is 7.11 Å². The van der Waals surface area contributed by atoms with E-state index in [4.69, 9.17) is 4.74 Å². The molecule has 0 heterocycles. The molecule has 1 aromatic carbocycles. The van der Waals surface area contributed by atoms with E-state index in [1.54, 1.807) is 13.0 Å². The van der Waals surface area contributed by atoms with Crippen LogP contribution in [0.1, 0.15) is 18.6 Å². The summed E-state index contributed by atoms with van der Waals surface area (Å²) in [7, 11) is 1.51. The SMILES string of the molecule is C=CC(C)C(C#N)(C#N)C(OC)c1ccccc1. The van der Waals surface area contributed by atoms with Gasteiger partial charge in [-0.3, -0.25) is 0 Å². The van der Waals surface area contributed by atoms with Gasteiger partial charge in [0.25, 0.3) is 0 Å². The van der Waals surface area contributed by atoms with E-state index in [2.05, 4.69) is 18.7 Å². The Morgan fingerprint density at radius 2 is 1.83 bits per heavy atom. The second kappa shape index (κ2) is 6.00. The average Bonchev–Trinajstić information content (AvgIpc) is 2.45. The van der Waals surface area contributed by atoms with E-state index in [-0.39, 0.29) is 5.92 Å². The highest BCUT2D eigenvalue weighted by molar-refractivity contribution is 5.30. The normalized spacial score (nSPS) is 14.0. The molecular weight excluding hydrogens is 224 g/mol. The van der Waals surface area contributed by atoms with Crippen LogP contribution in [0, 0.1) is 34.0 Å². The smallest absolute Gasteiger partial charge is 0.179 e. The molecule has 0 bridgehead atoms. The summed E-state index contributed by atoms with van der Waals surface area (Å²) in [5.41, 5.74) is -0.450. The fraction of sp³-hybridized carbons (Fsp3) is 0.333. The minimum atomic E-state index is -1.27. The second-order valence-electron chi connectivity index (χ2n) is 4.14. The number of rotatable bonds is 5.